The Hall–Kier alpha value is -2.57. The molecule has 0 unspecified atom stereocenters. The van der Waals surface area contributed by atoms with Crippen LogP contribution in [0.1, 0.15) is 0 Å². The van der Waals surface area contributed by atoms with Gasteiger partial charge in [0.2, 0.25) is 0 Å². The van der Waals surface area contributed by atoms with Gasteiger partial charge in [-0.3, -0.25) is 0 Å². The molecule has 0 saturated carbocycles. The number of azo groups is 1. The van der Waals surface area contributed by atoms with Crippen molar-refractivity contribution in [3.8, 4) is 11.5 Å². The molecule has 0 fully saturated rings. The molecule has 2 aromatic carbocycles. The maximum absolute atomic E-state index is 12.0. The van der Waals surface area contributed by atoms with E-state index in [4.69, 9.17) is 4.74 Å². The molecule has 110 valence electrons. The predicted molar refractivity (Wildman–Crippen MR) is 70.3 cm³/mol. The zero-order valence-corrected chi connectivity index (χ0v) is 11.0. The summed E-state index contributed by atoms with van der Waals surface area (Å²) in [5.41, 5.74) is 1.02. The fourth-order valence-electron chi connectivity index (χ4n) is 1.48. The van der Waals surface area contributed by atoms with Crippen molar-refractivity contribution in [3.63, 3.8) is 0 Å². The van der Waals surface area contributed by atoms with Crippen LogP contribution in [0.2, 0.25) is 0 Å². The summed E-state index contributed by atoms with van der Waals surface area (Å²) in [5, 5.41) is 7.88. The standard InChI is InChI=1S/C14H11F3N2O2/c1-20-12-6-2-10(3-7-12)18-19-11-4-8-13(9-5-11)21-14(15,16)17/h2-9H,1H3. The molecule has 4 nitrogen and oxygen atoms in total. The highest BCUT2D eigenvalue weighted by atomic mass is 19.4. The Morgan fingerprint density at radius 2 is 1.19 bits per heavy atom. The van der Waals surface area contributed by atoms with Gasteiger partial charge in [-0.1, -0.05) is 0 Å². The summed E-state index contributed by atoms with van der Waals surface area (Å²) in [6.45, 7) is 0. The van der Waals surface area contributed by atoms with E-state index in [9.17, 15) is 13.2 Å². The van der Waals surface area contributed by atoms with Gasteiger partial charge in [0, 0.05) is 0 Å². The average molecular weight is 296 g/mol. The lowest BCUT2D eigenvalue weighted by Gasteiger charge is -2.08. The summed E-state index contributed by atoms with van der Waals surface area (Å²) in [6.07, 6.45) is -4.70. The van der Waals surface area contributed by atoms with E-state index in [-0.39, 0.29) is 5.75 Å². The van der Waals surface area contributed by atoms with Gasteiger partial charge in [-0.05, 0) is 48.5 Å². The first-order valence-corrected chi connectivity index (χ1v) is 5.88. The number of rotatable bonds is 4. The van der Waals surface area contributed by atoms with Crippen LogP contribution in [0.4, 0.5) is 24.5 Å². The number of benzene rings is 2. The summed E-state index contributed by atoms with van der Waals surface area (Å²) < 4.78 is 44.8. The second kappa shape index (κ2) is 6.25. The zero-order chi connectivity index (χ0) is 15.3. The minimum absolute atomic E-state index is 0.300. The molecule has 0 aliphatic carbocycles. The van der Waals surface area contributed by atoms with Crippen molar-refractivity contribution >= 4 is 11.4 Å². The van der Waals surface area contributed by atoms with Gasteiger partial charge in [-0.15, -0.1) is 13.2 Å². The Morgan fingerprint density at radius 1 is 0.762 bits per heavy atom. The average Bonchev–Trinajstić information content (AvgIpc) is 2.45. The molecule has 0 saturated heterocycles. The van der Waals surface area contributed by atoms with Crippen LogP contribution in [-0.4, -0.2) is 13.5 Å². The molecule has 0 aromatic heterocycles. The topological polar surface area (TPSA) is 43.2 Å². The maximum atomic E-state index is 12.0. The minimum Gasteiger partial charge on any atom is -0.497 e. The van der Waals surface area contributed by atoms with Crippen LogP contribution in [0.15, 0.2) is 58.8 Å². The molecule has 7 heteroatoms. The third kappa shape index (κ3) is 4.79. The van der Waals surface area contributed by atoms with Crippen molar-refractivity contribution in [1.29, 1.82) is 0 Å². The third-order valence-electron chi connectivity index (χ3n) is 2.42. The van der Waals surface area contributed by atoms with Gasteiger partial charge in [0.1, 0.15) is 11.5 Å². The summed E-state index contributed by atoms with van der Waals surface area (Å²) in [4.78, 5) is 0. The van der Waals surface area contributed by atoms with Crippen molar-refractivity contribution < 1.29 is 22.6 Å². The Bertz CT molecular complexity index is 608. The highest BCUT2D eigenvalue weighted by molar-refractivity contribution is 5.44. The van der Waals surface area contributed by atoms with Gasteiger partial charge in [0.05, 0.1) is 18.5 Å². The van der Waals surface area contributed by atoms with Gasteiger partial charge in [-0.2, -0.15) is 10.2 Å². The Labute approximate surface area is 118 Å². The van der Waals surface area contributed by atoms with Crippen LogP contribution >= 0.6 is 0 Å². The molecular weight excluding hydrogens is 285 g/mol. The highest BCUT2D eigenvalue weighted by Crippen LogP contribution is 2.26. The smallest absolute Gasteiger partial charge is 0.497 e. The summed E-state index contributed by atoms with van der Waals surface area (Å²) >= 11 is 0. The van der Waals surface area contributed by atoms with E-state index in [1.54, 1.807) is 31.4 Å². The molecule has 0 bridgehead atoms. The van der Waals surface area contributed by atoms with Crippen LogP contribution in [0.25, 0.3) is 0 Å². The molecular formula is C14H11F3N2O2. The Kier molecular flexibility index (Phi) is 4.42. The van der Waals surface area contributed by atoms with Crippen molar-refractivity contribution in [2.75, 3.05) is 7.11 Å². The second-order valence-corrected chi connectivity index (χ2v) is 3.94. The van der Waals surface area contributed by atoms with Gasteiger partial charge >= 0.3 is 6.36 Å². The van der Waals surface area contributed by atoms with Gasteiger partial charge in [0.15, 0.2) is 0 Å². The first kappa shape index (κ1) is 14.8. The van der Waals surface area contributed by atoms with Crippen molar-refractivity contribution in [3.05, 3.63) is 48.5 Å². The van der Waals surface area contributed by atoms with E-state index in [0.717, 1.165) is 0 Å². The lowest BCUT2D eigenvalue weighted by atomic mass is 10.3. The Balaban J connectivity index is 2.03. The fourth-order valence-corrected chi connectivity index (χ4v) is 1.48. The molecule has 21 heavy (non-hydrogen) atoms. The molecule has 0 aliphatic rings. The predicted octanol–water partition coefficient (Wildman–Crippen LogP) is 5.01. The first-order chi connectivity index (χ1) is 9.96. The van der Waals surface area contributed by atoms with Crippen LogP contribution in [0.3, 0.4) is 0 Å². The monoisotopic (exact) mass is 296 g/mol. The van der Waals surface area contributed by atoms with Crippen LogP contribution < -0.4 is 9.47 Å². The van der Waals surface area contributed by atoms with Crippen LogP contribution in [0, 0.1) is 0 Å². The van der Waals surface area contributed by atoms with E-state index in [0.29, 0.717) is 17.1 Å². The van der Waals surface area contributed by atoms with Gasteiger partial charge in [0.25, 0.3) is 0 Å². The van der Waals surface area contributed by atoms with E-state index in [1.807, 2.05) is 0 Å². The molecule has 0 atom stereocenters. The molecule has 0 radical (unpaired) electrons. The van der Waals surface area contributed by atoms with Crippen LogP contribution in [0.5, 0.6) is 11.5 Å². The largest absolute Gasteiger partial charge is 0.573 e. The van der Waals surface area contributed by atoms with E-state index in [1.165, 1.54) is 24.3 Å². The normalized spacial score (nSPS) is 11.6. The first-order valence-electron chi connectivity index (χ1n) is 5.88. The quantitative estimate of drug-likeness (QED) is 0.744. The maximum Gasteiger partial charge on any atom is 0.573 e. The highest BCUT2D eigenvalue weighted by Gasteiger charge is 2.30. The van der Waals surface area contributed by atoms with Crippen molar-refractivity contribution in [2.45, 2.75) is 6.36 Å². The number of methoxy groups -OCH3 is 1. The molecule has 0 heterocycles. The van der Waals surface area contributed by atoms with E-state index >= 15 is 0 Å². The molecule has 2 aromatic rings. The summed E-state index contributed by atoms with van der Waals surface area (Å²) in [5.74, 6) is 0.397. The lowest BCUT2D eigenvalue weighted by Crippen LogP contribution is -2.16. The van der Waals surface area contributed by atoms with Crippen molar-refractivity contribution in [2.24, 2.45) is 10.2 Å². The summed E-state index contributed by atoms with van der Waals surface area (Å²) in [6, 6.07) is 12.0. The summed E-state index contributed by atoms with van der Waals surface area (Å²) in [7, 11) is 1.56. The third-order valence-corrected chi connectivity index (χ3v) is 2.42. The zero-order valence-electron chi connectivity index (χ0n) is 11.0. The molecule has 0 amide bonds. The number of hydrogen-bond acceptors (Lipinski definition) is 4. The lowest BCUT2D eigenvalue weighted by molar-refractivity contribution is -0.274. The van der Waals surface area contributed by atoms with Gasteiger partial charge < -0.3 is 9.47 Å². The number of halogens is 3. The number of nitrogens with zero attached hydrogens (tertiary/aromatic N) is 2. The van der Waals surface area contributed by atoms with E-state index in [2.05, 4.69) is 15.0 Å². The minimum atomic E-state index is -4.70. The van der Waals surface area contributed by atoms with Crippen molar-refractivity contribution in [1.82, 2.24) is 0 Å². The second-order valence-electron chi connectivity index (χ2n) is 3.94. The van der Waals surface area contributed by atoms with Crippen LogP contribution in [-0.2, 0) is 0 Å². The van der Waals surface area contributed by atoms with Gasteiger partial charge in [-0.25, -0.2) is 0 Å². The number of hydrogen-bond donors (Lipinski definition) is 0. The molecule has 0 N–H and O–H groups in total. The molecule has 2 rings (SSSR count). The molecule has 0 spiro atoms. The SMILES string of the molecule is COc1ccc(N=Nc2ccc(OC(F)(F)F)cc2)cc1. The number of alkyl halides is 3. The number of ether oxygens (including phenoxy) is 2. The fraction of sp³-hybridized carbons (Fsp3) is 0.143. The molecule has 0 aliphatic heterocycles. The Morgan fingerprint density at radius 3 is 1.57 bits per heavy atom. The van der Waals surface area contributed by atoms with E-state index < -0.39 is 6.36 Å².